The predicted molar refractivity (Wildman–Crippen MR) is 227 cm³/mol. The van der Waals surface area contributed by atoms with Gasteiger partial charge in [-0.3, -0.25) is 0 Å². The van der Waals surface area contributed by atoms with Crippen LogP contribution in [0.3, 0.4) is 0 Å². The number of aromatic nitrogens is 6. The van der Waals surface area contributed by atoms with Crippen LogP contribution in [0.2, 0.25) is 0 Å². The third-order valence-corrected chi connectivity index (χ3v) is 10.4. The lowest BCUT2D eigenvalue weighted by molar-refractivity contribution is 0.637. The Balaban J connectivity index is 1.19. The molecule has 0 saturated heterocycles. The van der Waals surface area contributed by atoms with Gasteiger partial charge in [0.15, 0.2) is 34.9 Å². The van der Waals surface area contributed by atoms with Crippen LogP contribution in [0.15, 0.2) is 176 Å². The standard InChI is InChI=1S/C50H40N6/c1-33-23-26-39(27-24-33)48-52-45(36-17-9-4-10-18-36)53-49(54-48)40-28-25-34(2)44(32-40)42-29-41(35-15-7-3-8-16-35)30-43(31-42)50-55-46(37-19-11-5-12-20-37)51-47(56-50)38-21-13-6-14-22-38/h3-23,25-34,44H,24H2,1-2H3. The fraction of sp³-hybridized carbons (Fsp3) is 0.120. The zero-order chi connectivity index (χ0) is 37.8. The maximum atomic E-state index is 5.11. The molecule has 56 heavy (non-hydrogen) atoms. The van der Waals surface area contributed by atoms with Gasteiger partial charge in [-0.2, -0.15) is 0 Å². The van der Waals surface area contributed by atoms with Crippen LogP contribution in [-0.2, 0) is 0 Å². The average molecular weight is 725 g/mol. The van der Waals surface area contributed by atoms with Crippen LogP contribution in [0.4, 0.5) is 0 Å². The molecule has 6 heteroatoms. The van der Waals surface area contributed by atoms with E-state index in [0.717, 1.165) is 56.5 Å². The van der Waals surface area contributed by atoms with E-state index in [0.29, 0.717) is 40.9 Å². The molecule has 0 aliphatic heterocycles. The molecule has 0 fully saturated rings. The summed E-state index contributed by atoms with van der Waals surface area (Å²) in [6, 6.07) is 47.6. The Morgan fingerprint density at radius 2 is 0.839 bits per heavy atom. The van der Waals surface area contributed by atoms with Crippen molar-refractivity contribution in [3.63, 3.8) is 0 Å². The molecule has 0 N–H and O–H groups in total. The predicted octanol–water partition coefficient (Wildman–Crippen LogP) is 11.7. The molecule has 0 amide bonds. The molecule has 9 rings (SSSR count). The maximum Gasteiger partial charge on any atom is 0.164 e. The zero-order valence-electron chi connectivity index (χ0n) is 31.4. The third-order valence-electron chi connectivity index (χ3n) is 10.4. The van der Waals surface area contributed by atoms with Gasteiger partial charge in [-0.15, -0.1) is 0 Å². The van der Waals surface area contributed by atoms with Crippen LogP contribution in [0.5, 0.6) is 0 Å². The van der Waals surface area contributed by atoms with E-state index in [4.69, 9.17) is 29.9 Å². The van der Waals surface area contributed by atoms with E-state index in [2.05, 4.69) is 105 Å². The molecule has 6 nitrogen and oxygen atoms in total. The second kappa shape index (κ2) is 15.4. The van der Waals surface area contributed by atoms with E-state index in [1.165, 1.54) is 0 Å². The van der Waals surface area contributed by atoms with Gasteiger partial charge in [0.2, 0.25) is 0 Å². The summed E-state index contributed by atoms with van der Waals surface area (Å²) in [5, 5.41) is 0. The quantitative estimate of drug-likeness (QED) is 0.155. The minimum atomic E-state index is 0.0245. The Kier molecular flexibility index (Phi) is 9.60. The van der Waals surface area contributed by atoms with E-state index in [-0.39, 0.29) is 11.8 Å². The molecule has 5 aromatic carbocycles. The van der Waals surface area contributed by atoms with Crippen molar-refractivity contribution in [2.45, 2.75) is 26.2 Å². The van der Waals surface area contributed by atoms with E-state index in [1.807, 2.05) is 84.9 Å². The minimum absolute atomic E-state index is 0.0245. The van der Waals surface area contributed by atoms with E-state index < -0.39 is 0 Å². The van der Waals surface area contributed by atoms with E-state index >= 15 is 0 Å². The molecule has 0 spiro atoms. The lowest BCUT2D eigenvalue weighted by Gasteiger charge is -2.25. The number of hydrogen-bond acceptors (Lipinski definition) is 6. The summed E-state index contributed by atoms with van der Waals surface area (Å²) in [4.78, 5) is 30.3. The van der Waals surface area contributed by atoms with Crippen molar-refractivity contribution in [3.05, 3.63) is 193 Å². The second-order valence-corrected chi connectivity index (χ2v) is 14.5. The van der Waals surface area contributed by atoms with Crippen LogP contribution in [-0.4, -0.2) is 29.9 Å². The Hall–Kier alpha value is -6.92. The molecular weight excluding hydrogens is 685 g/mol. The van der Waals surface area contributed by atoms with Crippen molar-refractivity contribution in [2.75, 3.05) is 0 Å². The molecule has 3 unspecified atom stereocenters. The first-order valence-electron chi connectivity index (χ1n) is 19.2. The summed E-state index contributed by atoms with van der Waals surface area (Å²) in [5.41, 5.74) is 9.12. The summed E-state index contributed by atoms with van der Waals surface area (Å²) in [5.74, 6) is 4.62. The highest BCUT2D eigenvalue weighted by Gasteiger charge is 2.24. The van der Waals surface area contributed by atoms with Crippen LogP contribution in [0.25, 0.3) is 67.8 Å². The van der Waals surface area contributed by atoms with Crippen molar-refractivity contribution in [2.24, 2.45) is 11.8 Å². The van der Waals surface area contributed by atoms with Crippen LogP contribution in [0.1, 0.15) is 43.4 Å². The summed E-state index contributed by atoms with van der Waals surface area (Å²) in [6.45, 7) is 4.49. The number of allylic oxidation sites excluding steroid dienone is 8. The van der Waals surface area contributed by atoms with E-state index in [1.54, 1.807) is 0 Å². The molecule has 0 radical (unpaired) electrons. The largest absolute Gasteiger partial charge is 0.208 e. The first kappa shape index (κ1) is 34.8. The van der Waals surface area contributed by atoms with Gasteiger partial charge in [0.25, 0.3) is 0 Å². The number of hydrogen-bond donors (Lipinski definition) is 0. The molecular formula is C50H40N6. The summed E-state index contributed by atoms with van der Waals surface area (Å²) in [6.07, 6.45) is 14.3. The van der Waals surface area contributed by atoms with Gasteiger partial charge in [0.1, 0.15) is 0 Å². The number of benzene rings is 5. The Morgan fingerprint density at radius 3 is 1.36 bits per heavy atom. The average Bonchev–Trinajstić information content (AvgIpc) is 3.27. The first-order valence-corrected chi connectivity index (χ1v) is 19.2. The Morgan fingerprint density at radius 1 is 0.411 bits per heavy atom. The molecule has 7 aromatic rings. The highest BCUT2D eigenvalue weighted by molar-refractivity contribution is 5.78. The fourth-order valence-electron chi connectivity index (χ4n) is 7.28. The van der Waals surface area contributed by atoms with Gasteiger partial charge < -0.3 is 0 Å². The lowest BCUT2D eigenvalue weighted by atomic mass is 9.80. The monoisotopic (exact) mass is 724 g/mol. The molecule has 2 aromatic heterocycles. The van der Waals surface area contributed by atoms with Crippen molar-refractivity contribution in [1.29, 1.82) is 0 Å². The molecule has 0 bridgehead atoms. The van der Waals surface area contributed by atoms with Crippen LogP contribution in [0, 0.1) is 11.8 Å². The van der Waals surface area contributed by atoms with E-state index in [9.17, 15) is 0 Å². The fourth-order valence-corrected chi connectivity index (χ4v) is 7.28. The normalized spacial score (nSPS) is 17.6. The summed E-state index contributed by atoms with van der Waals surface area (Å²) < 4.78 is 0. The Labute approximate surface area is 327 Å². The van der Waals surface area contributed by atoms with Crippen molar-refractivity contribution in [3.8, 4) is 56.7 Å². The van der Waals surface area contributed by atoms with Crippen molar-refractivity contribution in [1.82, 2.24) is 29.9 Å². The van der Waals surface area contributed by atoms with Gasteiger partial charge in [0.05, 0.1) is 0 Å². The zero-order valence-corrected chi connectivity index (χ0v) is 31.4. The van der Waals surface area contributed by atoms with Gasteiger partial charge >= 0.3 is 0 Å². The van der Waals surface area contributed by atoms with Crippen LogP contribution >= 0.6 is 0 Å². The minimum Gasteiger partial charge on any atom is -0.208 e. The molecule has 2 aliphatic carbocycles. The highest BCUT2D eigenvalue weighted by Crippen LogP contribution is 2.39. The summed E-state index contributed by atoms with van der Waals surface area (Å²) in [7, 11) is 0. The molecule has 2 heterocycles. The lowest BCUT2D eigenvalue weighted by Crippen LogP contribution is -2.12. The molecule has 270 valence electrons. The van der Waals surface area contributed by atoms with Gasteiger partial charge in [-0.1, -0.05) is 178 Å². The highest BCUT2D eigenvalue weighted by atomic mass is 15.0. The SMILES string of the molecule is CC1C=CC(c2nc(C3=CC(c4cc(-c5ccccc5)cc(-c5nc(-c6ccccc6)nc(-c6ccccc6)n5)c4)C(C)C=C3)nc(-c3ccccc3)n2)=CC1. The number of nitrogens with zero attached hydrogens (tertiary/aromatic N) is 6. The third kappa shape index (κ3) is 7.42. The Bertz CT molecular complexity index is 2570. The smallest absolute Gasteiger partial charge is 0.164 e. The van der Waals surface area contributed by atoms with Crippen LogP contribution < -0.4 is 0 Å². The first-order chi connectivity index (χ1) is 27.5. The maximum absolute atomic E-state index is 5.11. The molecule has 3 atom stereocenters. The van der Waals surface area contributed by atoms with Gasteiger partial charge in [-0.05, 0) is 47.1 Å². The topological polar surface area (TPSA) is 77.3 Å². The van der Waals surface area contributed by atoms with Crippen molar-refractivity contribution < 1.29 is 0 Å². The van der Waals surface area contributed by atoms with Gasteiger partial charge in [0, 0.05) is 39.3 Å². The second-order valence-electron chi connectivity index (χ2n) is 14.5. The van der Waals surface area contributed by atoms with Gasteiger partial charge in [-0.25, -0.2) is 29.9 Å². The molecule has 2 aliphatic rings. The molecule has 0 saturated carbocycles. The number of rotatable bonds is 8. The summed E-state index contributed by atoms with van der Waals surface area (Å²) >= 11 is 0. The van der Waals surface area contributed by atoms with Crippen molar-refractivity contribution >= 4 is 11.1 Å².